The Hall–Kier alpha value is -4.39. The maximum absolute atomic E-state index is 12.5. The van der Waals surface area contributed by atoms with Crippen molar-refractivity contribution in [1.82, 2.24) is 0 Å². The van der Waals surface area contributed by atoms with Gasteiger partial charge < -0.3 is 18.9 Å². The number of hydrogen-bond acceptors (Lipinski definition) is 7. The molecular formula is C30H31NO6. The van der Waals surface area contributed by atoms with Gasteiger partial charge in [0.2, 0.25) is 0 Å². The number of ether oxygens (including phenoxy) is 4. The van der Waals surface area contributed by atoms with E-state index in [1.807, 2.05) is 36.4 Å². The molecule has 0 aliphatic heterocycles. The van der Waals surface area contributed by atoms with Gasteiger partial charge in [-0.1, -0.05) is 6.58 Å². The van der Waals surface area contributed by atoms with E-state index in [9.17, 15) is 9.59 Å². The highest BCUT2D eigenvalue weighted by atomic mass is 16.5. The number of unbranched alkanes of at least 4 members (excludes halogenated alkanes) is 3. The molecule has 37 heavy (non-hydrogen) atoms. The van der Waals surface area contributed by atoms with Crippen molar-refractivity contribution in [3.05, 3.63) is 96.6 Å². The van der Waals surface area contributed by atoms with E-state index >= 15 is 0 Å². The Labute approximate surface area is 217 Å². The highest BCUT2D eigenvalue weighted by molar-refractivity contribution is 5.91. The SMILES string of the molecule is C=CC(=O)OCCCCCCOc1ccc(C(=O)Oc2ccc(C=Nc3ccc(OC)cc3)cc2)cc1. The van der Waals surface area contributed by atoms with Crippen LogP contribution in [0, 0.1) is 0 Å². The second kappa shape index (κ2) is 14.9. The molecule has 0 heterocycles. The molecule has 0 atom stereocenters. The molecule has 0 aliphatic rings. The van der Waals surface area contributed by atoms with Crippen LogP contribution in [-0.2, 0) is 9.53 Å². The van der Waals surface area contributed by atoms with E-state index < -0.39 is 5.97 Å². The lowest BCUT2D eigenvalue weighted by molar-refractivity contribution is -0.137. The molecule has 0 spiro atoms. The van der Waals surface area contributed by atoms with Gasteiger partial charge in [-0.3, -0.25) is 4.99 Å². The van der Waals surface area contributed by atoms with Crippen molar-refractivity contribution < 1.29 is 28.5 Å². The summed E-state index contributed by atoms with van der Waals surface area (Å²) < 4.78 is 21.3. The third kappa shape index (κ3) is 9.64. The number of nitrogens with zero attached hydrogens (tertiary/aromatic N) is 1. The zero-order valence-corrected chi connectivity index (χ0v) is 20.9. The summed E-state index contributed by atoms with van der Waals surface area (Å²) in [6, 6.07) is 21.4. The lowest BCUT2D eigenvalue weighted by Crippen LogP contribution is -2.08. The van der Waals surface area contributed by atoms with E-state index in [1.54, 1.807) is 49.7 Å². The largest absolute Gasteiger partial charge is 0.497 e. The van der Waals surface area contributed by atoms with Crippen molar-refractivity contribution in [2.45, 2.75) is 25.7 Å². The molecule has 0 aromatic heterocycles. The van der Waals surface area contributed by atoms with E-state index in [0.29, 0.717) is 30.3 Å². The Kier molecular flexibility index (Phi) is 10.9. The van der Waals surface area contributed by atoms with Crippen molar-refractivity contribution in [2.24, 2.45) is 4.99 Å². The van der Waals surface area contributed by atoms with Gasteiger partial charge in [0.05, 0.1) is 31.6 Å². The zero-order valence-electron chi connectivity index (χ0n) is 20.9. The molecule has 0 fully saturated rings. The van der Waals surface area contributed by atoms with Crippen LogP contribution in [0.15, 0.2) is 90.4 Å². The zero-order chi connectivity index (χ0) is 26.3. The average Bonchev–Trinajstić information content (AvgIpc) is 2.94. The molecule has 0 aliphatic carbocycles. The van der Waals surface area contributed by atoms with Crippen molar-refractivity contribution >= 4 is 23.8 Å². The minimum absolute atomic E-state index is 0.389. The molecule has 3 aromatic rings. The Morgan fingerprint density at radius 3 is 2.05 bits per heavy atom. The lowest BCUT2D eigenvalue weighted by Gasteiger charge is -2.08. The van der Waals surface area contributed by atoms with Gasteiger partial charge in [0.1, 0.15) is 17.2 Å². The molecule has 3 aromatic carbocycles. The molecule has 0 saturated heterocycles. The fraction of sp³-hybridized carbons (Fsp3) is 0.233. The fourth-order valence-corrected chi connectivity index (χ4v) is 3.27. The van der Waals surface area contributed by atoms with Gasteiger partial charge >= 0.3 is 11.9 Å². The molecular weight excluding hydrogens is 470 g/mol. The number of aliphatic imine (C=N–C) groups is 1. The molecule has 0 amide bonds. The first-order valence-corrected chi connectivity index (χ1v) is 12.1. The van der Waals surface area contributed by atoms with Gasteiger partial charge in [-0.25, -0.2) is 9.59 Å². The summed E-state index contributed by atoms with van der Waals surface area (Å²) in [5.74, 6) is 1.09. The minimum atomic E-state index is -0.441. The summed E-state index contributed by atoms with van der Waals surface area (Å²) in [6.45, 7) is 4.34. The number of benzene rings is 3. The van der Waals surface area contributed by atoms with E-state index in [4.69, 9.17) is 18.9 Å². The van der Waals surface area contributed by atoms with Crippen molar-refractivity contribution in [1.29, 1.82) is 0 Å². The van der Waals surface area contributed by atoms with Crippen molar-refractivity contribution in [3.8, 4) is 17.2 Å². The monoisotopic (exact) mass is 501 g/mol. The Morgan fingerprint density at radius 1 is 0.784 bits per heavy atom. The second-order valence-corrected chi connectivity index (χ2v) is 8.07. The molecule has 0 radical (unpaired) electrons. The van der Waals surface area contributed by atoms with Gasteiger partial charge in [-0.05, 0) is 104 Å². The van der Waals surface area contributed by atoms with Crippen LogP contribution >= 0.6 is 0 Å². The number of methoxy groups -OCH3 is 1. The summed E-state index contributed by atoms with van der Waals surface area (Å²) in [6.07, 6.45) is 6.54. The molecule has 192 valence electrons. The summed E-state index contributed by atoms with van der Waals surface area (Å²) in [5, 5.41) is 0. The summed E-state index contributed by atoms with van der Waals surface area (Å²) in [5.41, 5.74) is 2.13. The molecule has 0 bridgehead atoms. The third-order valence-electron chi connectivity index (χ3n) is 5.33. The molecule has 3 rings (SSSR count). The second-order valence-electron chi connectivity index (χ2n) is 8.07. The fourth-order valence-electron chi connectivity index (χ4n) is 3.27. The number of esters is 2. The predicted octanol–water partition coefficient (Wildman–Crippen LogP) is 6.33. The highest BCUT2D eigenvalue weighted by Crippen LogP contribution is 2.19. The number of carbonyl (C=O) groups is 2. The van der Waals surface area contributed by atoms with Crippen LogP contribution in [0.5, 0.6) is 17.2 Å². The summed E-state index contributed by atoms with van der Waals surface area (Å²) >= 11 is 0. The first kappa shape index (κ1) is 27.2. The Morgan fingerprint density at radius 2 is 1.41 bits per heavy atom. The average molecular weight is 502 g/mol. The van der Waals surface area contributed by atoms with E-state index in [0.717, 1.165) is 48.8 Å². The topological polar surface area (TPSA) is 83.4 Å². The quantitative estimate of drug-likeness (QED) is 0.0843. The third-order valence-corrected chi connectivity index (χ3v) is 5.33. The summed E-state index contributed by atoms with van der Waals surface area (Å²) in [7, 11) is 1.62. The molecule has 0 N–H and O–H groups in total. The van der Waals surface area contributed by atoms with Crippen LogP contribution in [0.1, 0.15) is 41.6 Å². The number of rotatable bonds is 14. The standard InChI is InChI=1S/C30H31NO6/c1-3-29(32)36-21-7-5-4-6-20-35-27-16-10-24(11-17-27)30(33)37-28-14-8-23(9-15-28)22-31-25-12-18-26(34-2)19-13-25/h3,8-19,22H,1,4-7,20-21H2,2H3. The van der Waals surface area contributed by atoms with E-state index in [-0.39, 0.29) is 5.97 Å². The van der Waals surface area contributed by atoms with Crippen LogP contribution in [0.3, 0.4) is 0 Å². The van der Waals surface area contributed by atoms with E-state index in [2.05, 4.69) is 11.6 Å². The Balaban J connectivity index is 1.38. The first-order chi connectivity index (χ1) is 18.1. The van der Waals surface area contributed by atoms with Gasteiger partial charge in [-0.2, -0.15) is 0 Å². The normalized spacial score (nSPS) is 10.6. The smallest absolute Gasteiger partial charge is 0.343 e. The van der Waals surface area contributed by atoms with Gasteiger partial charge in [-0.15, -0.1) is 0 Å². The van der Waals surface area contributed by atoms with E-state index in [1.165, 1.54) is 0 Å². The predicted molar refractivity (Wildman–Crippen MR) is 143 cm³/mol. The van der Waals surface area contributed by atoms with Gasteiger partial charge in [0, 0.05) is 12.3 Å². The van der Waals surface area contributed by atoms with Crippen LogP contribution < -0.4 is 14.2 Å². The van der Waals surface area contributed by atoms with Crippen LogP contribution in [0.25, 0.3) is 0 Å². The van der Waals surface area contributed by atoms with Crippen molar-refractivity contribution in [2.75, 3.05) is 20.3 Å². The van der Waals surface area contributed by atoms with Crippen LogP contribution in [0.4, 0.5) is 5.69 Å². The lowest BCUT2D eigenvalue weighted by atomic mass is 10.2. The molecule has 7 nitrogen and oxygen atoms in total. The van der Waals surface area contributed by atoms with Crippen LogP contribution in [-0.4, -0.2) is 38.5 Å². The molecule has 7 heteroatoms. The number of carbonyl (C=O) groups excluding carboxylic acids is 2. The van der Waals surface area contributed by atoms with Gasteiger partial charge in [0.25, 0.3) is 0 Å². The Bertz CT molecular complexity index is 1170. The van der Waals surface area contributed by atoms with Crippen molar-refractivity contribution in [3.63, 3.8) is 0 Å². The maximum atomic E-state index is 12.5. The highest BCUT2D eigenvalue weighted by Gasteiger charge is 2.09. The maximum Gasteiger partial charge on any atom is 0.343 e. The minimum Gasteiger partial charge on any atom is -0.497 e. The summed E-state index contributed by atoms with van der Waals surface area (Å²) in [4.78, 5) is 27.9. The number of hydrogen-bond donors (Lipinski definition) is 0. The molecule has 0 unspecified atom stereocenters. The van der Waals surface area contributed by atoms with Crippen LogP contribution in [0.2, 0.25) is 0 Å². The van der Waals surface area contributed by atoms with Gasteiger partial charge in [0.15, 0.2) is 0 Å². The molecule has 0 saturated carbocycles. The first-order valence-electron chi connectivity index (χ1n) is 12.1.